The average Bonchev–Trinajstić information content (AvgIpc) is 2.93. The van der Waals surface area contributed by atoms with Gasteiger partial charge in [-0.2, -0.15) is 18.3 Å². The zero-order chi connectivity index (χ0) is 18.4. The fraction of sp³-hybridized carbons (Fsp3) is 0.375. The first-order valence-electron chi connectivity index (χ1n) is 7.60. The second kappa shape index (κ2) is 7.91. The molecule has 2 amide bonds. The molecule has 0 atom stereocenters. The number of nitrogens with zero attached hydrogens (tertiary/aromatic N) is 2. The van der Waals surface area contributed by atoms with Gasteiger partial charge in [-0.1, -0.05) is 6.07 Å². The number of benzene rings is 1. The molecule has 0 bridgehead atoms. The van der Waals surface area contributed by atoms with Gasteiger partial charge >= 0.3 is 12.2 Å². The van der Waals surface area contributed by atoms with Crippen LogP contribution in [0.5, 0.6) is 5.75 Å². The number of aromatic nitrogens is 2. The highest BCUT2D eigenvalue weighted by Gasteiger charge is 2.34. The summed E-state index contributed by atoms with van der Waals surface area (Å²) in [4.78, 5) is 11.8. The molecule has 25 heavy (non-hydrogen) atoms. The van der Waals surface area contributed by atoms with E-state index in [1.807, 2.05) is 0 Å². The number of hydrogen-bond acceptors (Lipinski definition) is 3. The summed E-state index contributed by atoms with van der Waals surface area (Å²) in [6, 6.07) is 7.49. The molecule has 0 aliphatic heterocycles. The van der Waals surface area contributed by atoms with E-state index in [0.29, 0.717) is 30.1 Å². The van der Waals surface area contributed by atoms with E-state index in [2.05, 4.69) is 15.7 Å². The van der Waals surface area contributed by atoms with Crippen molar-refractivity contribution in [2.75, 3.05) is 19.0 Å². The molecule has 1 aromatic heterocycles. The van der Waals surface area contributed by atoms with Crippen molar-refractivity contribution in [3.05, 3.63) is 41.7 Å². The van der Waals surface area contributed by atoms with Crippen LogP contribution in [0.1, 0.15) is 17.8 Å². The SMILES string of the molecule is COc1cccc(NC(=O)NCCCn2nc(C(F)(F)F)cc2C)c1. The van der Waals surface area contributed by atoms with Crippen LogP contribution in [0.25, 0.3) is 0 Å². The Morgan fingerprint density at radius 1 is 1.32 bits per heavy atom. The highest BCUT2D eigenvalue weighted by atomic mass is 19.4. The molecular weight excluding hydrogens is 337 g/mol. The highest BCUT2D eigenvalue weighted by Crippen LogP contribution is 2.28. The summed E-state index contributed by atoms with van der Waals surface area (Å²) in [5, 5.41) is 8.82. The number of anilines is 1. The number of alkyl halides is 3. The van der Waals surface area contributed by atoms with Gasteiger partial charge in [0.05, 0.1) is 7.11 Å². The zero-order valence-electron chi connectivity index (χ0n) is 13.9. The summed E-state index contributed by atoms with van der Waals surface area (Å²) in [5.41, 5.74) is 0.0940. The lowest BCUT2D eigenvalue weighted by atomic mass is 10.3. The molecule has 2 aromatic rings. The second-order valence-corrected chi connectivity index (χ2v) is 5.36. The van der Waals surface area contributed by atoms with Gasteiger partial charge in [-0.05, 0) is 31.5 Å². The molecule has 0 saturated carbocycles. The van der Waals surface area contributed by atoms with E-state index >= 15 is 0 Å². The van der Waals surface area contributed by atoms with E-state index in [9.17, 15) is 18.0 Å². The molecule has 0 unspecified atom stereocenters. The van der Waals surface area contributed by atoms with E-state index in [1.54, 1.807) is 31.2 Å². The minimum Gasteiger partial charge on any atom is -0.497 e. The number of carbonyl (C=O) groups is 1. The van der Waals surface area contributed by atoms with Crippen LogP contribution < -0.4 is 15.4 Å². The molecule has 1 aromatic carbocycles. The molecule has 0 spiro atoms. The van der Waals surface area contributed by atoms with E-state index < -0.39 is 17.9 Å². The highest BCUT2D eigenvalue weighted by molar-refractivity contribution is 5.89. The maximum absolute atomic E-state index is 12.6. The maximum Gasteiger partial charge on any atom is 0.435 e. The van der Waals surface area contributed by atoms with Crippen LogP contribution in [-0.4, -0.2) is 29.5 Å². The van der Waals surface area contributed by atoms with Gasteiger partial charge < -0.3 is 15.4 Å². The van der Waals surface area contributed by atoms with Gasteiger partial charge in [-0.25, -0.2) is 4.79 Å². The van der Waals surface area contributed by atoms with Gasteiger partial charge in [0, 0.05) is 30.5 Å². The maximum atomic E-state index is 12.6. The Hall–Kier alpha value is -2.71. The van der Waals surface area contributed by atoms with Crippen LogP contribution in [0.15, 0.2) is 30.3 Å². The monoisotopic (exact) mass is 356 g/mol. The number of ether oxygens (including phenoxy) is 1. The van der Waals surface area contributed by atoms with Gasteiger partial charge in [-0.3, -0.25) is 4.68 Å². The molecule has 0 radical (unpaired) electrons. The van der Waals surface area contributed by atoms with Crippen molar-refractivity contribution in [1.29, 1.82) is 0 Å². The number of hydrogen-bond donors (Lipinski definition) is 2. The molecule has 6 nitrogen and oxygen atoms in total. The standard InChI is InChI=1S/C16H19F3N4O2/c1-11-9-14(16(17,18)19)22-23(11)8-4-7-20-15(24)21-12-5-3-6-13(10-12)25-2/h3,5-6,9-10H,4,7-8H2,1-2H3,(H2,20,21,24). The molecule has 0 aliphatic carbocycles. The van der Waals surface area contributed by atoms with Crippen molar-refractivity contribution in [1.82, 2.24) is 15.1 Å². The molecule has 0 fully saturated rings. The van der Waals surface area contributed by atoms with Gasteiger partial charge in [0.15, 0.2) is 5.69 Å². The van der Waals surface area contributed by atoms with Gasteiger partial charge in [0.1, 0.15) is 5.75 Å². The van der Waals surface area contributed by atoms with E-state index in [-0.39, 0.29) is 6.54 Å². The molecule has 0 saturated heterocycles. The van der Waals surface area contributed by atoms with Gasteiger partial charge in [-0.15, -0.1) is 0 Å². The largest absolute Gasteiger partial charge is 0.497 e. The van der Waals surface area contributed by atoms with Crippen molar-refractivity contribution in [3.8, 4) is 5.75 Å². The van der Waals surface area contributed by atoms with Gasteiger partial charge in [0.25, 0.3) is 0 Å². The van der Waals surface area contributed by atoms with Gasteiger partial charge in [0.2, 0.25) is 0 Å². The van der Waals surface area contributed by atoms with E-state index in [4.69, 9.17) is 4.74 Å². The minimum atomic E-state index is -4.45. The van der Waals surface area contributed by atoms with Crippen molar-refractivity contribution in [2.24, 2.45) is 0 Å². The molecule has 136 valence electrons. The molecule has 1 heterocycles. The van der Waals surface area contributed by atoms with Crippen molar-refractivity contribution in [2.45, 2.75) is 26.1 Å². The first kappa shape index (κ1) is 18.6. The average molecular weight is 356 g/mol. The third kappa shape index (κ3) is 5.40. The fourth-order valence-corrected chi connectivity index (χ4v) is 2.18. The Balaban J connectivity index is 1.77. The summed E-state index contributed by atoms with van der Waals surface area (Å²) < 4.78 is 44.1. The third-order valence-corrected chi connectivity index (χ3v) is 3.43. The number of methoxy groups -OCH3 is 1. The fourth-order valence-electron chi connectivity index (χ4n) is 2.18. The van der Waals surface area contributed by atoms with Crippen molar-refractivity contribution < 1.29 is 22.7 Å². The van der Waals surface area contributed by atoms with Crippen LogP contribution >= 0.6 is 0 Å². The summed E-state index contributed by atoms with van der Waals surface area (Å²) in [5.74, 6) is 0.618. The number of aryl methyl sites for hydroxylation is 2. The third-order valence-electron chi connectivity index (χ3n) is 3.43. The second-order valence-electron chi connectivity index (χ2n) is 5.36. The van der Waals surface area contributed by atoms with Crippen LogP contribution in [0.2, 0.25) is 0 Å². The lowest BCUT2D eigenvalue weighted by Gasteiger charge is -2.09. The molecule has 2 rings (SSSR count). The summed E-state index contributed by atoms with van der Waals surface area (Å²) >= 11 is 0. The summed E-state index contributed by atoms with van der Waals surface area (Å²) in [6.45, 7) is 2.14. The van der Waals surface area contributed by atoms with Crippen molar-refractivity contribution >= 4 is 11.7 Å². The Bertz CT molecular complexity index is 728. The van der Waals surface area contributed by atoms with Crippen LogP contribution in [0, 0.1) is 6.92 Å². The van der Waals surface area contributed by atoms with Crippen LogP contribution in [-0.2, 0) is 12.7 Å². The first-order chi connectivity index (χ1) is 11.8. The lowest BCUT2D eigenvalue weighted by molar-refractivity contribution is -0.141. The Labute approximate surface area is 143 Å². The number of rotatable bonds is 6. The smallest absolute Gasteiger partial charge is 0.435 e. The van der Waals surface area contributed by atoms with E-state index in [1.165, 1.54) is 11.8 Å². The number of urea groups is 1. The number of carbonyl (C=O) groups excluding carboxylic acids is 1. The summed E-state index contributed by atoms with van der Waals surface area (Å²) in [6.07, 6.45) is -4.00. The number of halogens is 3. The molecule has 2 N–H and O–H groups in total. The quantitative estimate of drug-likeness (QED) is 0.779. The van der Waals surface area contributed by atoms with Crippen LogP contribution in [0.4, 0.5) is 23.7 Å². The topological polar surface area (TPSA) is 68.2 Å². The lowest BCUT2D eigenvalue weighted by Crippen LogP contribution is -2.30. The number of nitrogens with one attached hydrogen (secondary N) is 2. The Morgan fingerprint density at radius 2 is 2.08 bits per heavy atom. The van der Waals surface area contributed by atoms with E-state index in [0.717, 1.165) is 6.07 Å². The molecule has 0 aliphatic rings. The minimum absolute atomic E-state index is 0.279. The molecular formula is C16H19F3N4O2. The predicted molar refractivity (Wildman–Crippen MR) is 86.6 cm³/mol. The Kier molecular flexibility index (Phi) is 5.89. The normalized spacial score (nSPS) is 11.2. The predicted octanol–water partition coefficient (Wildman–Crippen LogP) is 3.43. The van der Waals surface area contributed by atoms with Crippen LogP contribution in [0.3, 0.4) is 0 Å². The Morgan fingerprint density at radius 3 is 2.72 bits per heavy atom. The summed E-state index contributed by atoms with van der Waals surface area (Å²) in [7, 11) is 1.53. The number of amides is 2. The van der Waals surface area contributed by atoms with Crippen molar-refractivity contribution in [3.63, 3.8) is 0 Å². The zero-order valence-corrected chi connectivity index (χ0v) is 13.9. The first-order valence-corrected chi connectivity index (χ1v) is 7.60. The molecule has 9 heteroatoms.